The van der Waals surface area contributed by atoms with E-state index in [4.69, 9.17) is 4.74 Å². The summed E-state index contributed by atoms with van der Waals surface area (Å²) in [5.74, 6) is 1.98. The van der Waals surface area contributed by atoms with Crippen molar-refractivity contribution in [2.24, 2.45) is 5.92 Å². The second-order valence-corrected chi connectivity index (χ2v) is 7.15. The molecule has 4 nitrogen and oxygen atoms in total. The molecule has 0 spiro atoms. The second-order valence-electron chi connectivity index (χ2n) is 6.45. The van der Waals surface area contributed by atoms with Crippen LogP contribution in [-0.2, 0) is 11.3 Å². The zero-order chi connectivity index (χ0) is 17.1. The maximum Gasteiger partial charge on any atom is 0.119 e. The van der Waals surface area contributed by atoms with Gasteiger partial charge in [-0.05, 0) is 60.4 Å². The maximum atomic E-state index is 10.7. The molecule has 0 saturated heterocycles. The Hall–Kier alpha value is -1.69. The van der Waals surface area contributed by atoms with Gasteiger partial charge in [-0.15, -0.1) is 0 Å². The Balaban J connectivity index is 1.62. The molecule has 2 aromatic rings. The fraction of sp³-hybridized carbons (Fsp3) is 0.368. The fourth-order valence-corrected chi connectivity index (χ4v) is 3.73. The van der Waals surface area contributed by atoms with Gasteiger partial charge in [0.25, 0.3) is 0 Å². The first kappa shape index (κ1) is 17.1. The van der Waals surface area contributed by atoms with Gasteiger partial charge in [-0.2, -0.15) is 0 Å². The smallest absolute Gasteiger partial charge is 0.119 e. The normalized spacial score (nSPS) is 22.0. The minimum atomic E-state index is -2.18. The van der Waals surface area contributed by atoms with E-state index in [1.54, 1.807) is 7.11 Å². The van der Waals surface area contributed by atoms with Crippen LogP contribution in [0.5, 0.6) is 5.75 Å². The molecule has 128 valence electrons. The highest BCUT2D eigenvalue weighted by atomic mass is 32.2. The summed E-state index contributed by atoms with van der Waals surface area (Å²) in [4.78, 5) is 0. The summed E-state index contributed by atoms with van der Waals surface area (Å²) in [5, 5.41) is 0. The number of rotatable bonds is 7. The van der Waals surface area contributed by atoms with Gasteiger partial charge in [0.1, 0.15) is 5.75 Å². The topological polar surface area (TPSA) is 61.4 Å². The molecule has 0 amide bonds. The summed E-state index contributed by atoms with van der Waals surface area (Å²) in [7, 11) is 1.67. The molecule has 0 radical (unpaired) electrons. The number of hydrogen-bond donors (Lipinski definition) is 1. The molecular weight excluding hydrogens is 322 g/mol. The van der Waals surface area contributed by atoms with E-state index in [-0.39, 0.29) is 6.04 Å². The quantitative estimate of drug-likeness (QED) is 0.780. The van der Waals surface area contributed by atoms with Crippen molar-refractivity contribution in [2.45, 2.75) is 31.7 Å². The third-order valence-electron chi connectivity index (χ3n) is 4.62. The van der Waals surface area contributed by atoms with E-state index < -0.39 is 11.3 Å². The molecule has 1 N–H and O–H groups in total. The predicted molar refractivity (Wildman–Crippen MR) is 95.4 cm³/mol. The largest absolute Gasteiger partial charge is 0.760 e. The molecule has 0 heterocycles. The highest BCUT2D eigenvalue weighted by Crippen LogP contribution is 2.50. The van der Waals surface area contributed by atoms with Crippen molar-refractivity contribution in [1.82, 2.24) is 4.72 Å². The van der Waals surface area contributed by atoms with Crippen LogP contribution in [0.25, 0.3) is 11.1 Å². The highest BCUT2D eigenvalue weighted by Gasteiger charge is 2.38. The van der Waals surface area contributed by atoms with E-state index in [1.807, 2.05) is 25.1 Å². The van der Waals surface area contributed by atoms with Gasteiger partial charge in [0.15, 0.2) is 0 Å². The van der Waals surface area contributed by atoms with Crippen molar-refractivity contribution in [3.05, 3.63) is 54.1 Å². The standard InChI is InChI=1S/C19H23NO3S/c1-13(20-24(21)22)10-17-12-19(17)15-8-6-14(7-9-15)16-4-3-5-18(11-16)23-2/h3-9,11,13,17,19-20H,10,12H2,1-2H3,(H,21,22)/p-1. The number of hydrogen-bond acceptors (Lipinski definition) is 3. The molecule has 2 aromatic carbocycles. The van der Waals surface area contributed by atoms with Gasteiger partial charge < -0.3 is 9.29 Å². The predicted octanol–water partition coefficient (Wildman–Crippen LogP) is 3.63. The Morgan fingerprint density at radius 2 is 2.00 bits per heavy atom. The molecule has 4 unspecified atom stereocenters. The lowest BCUT2D eigenvalue weighted by Crippen LogP contribution is -2.28. The second kappa shape index (κ2) is 7.47. The SMILES string of the molecule is COc1cccc(-c2ccc(C3CC3CC(C)NS(=O)[O-])cc2)c1. The molecule has 0 bridgehead atoms. The molecule has 1 fully saturated rings. The van der Waals surface area contributed by atoms with Gasteiger partial charge in [-0.1, -0.05) is 36.4 Å². The lowest BCUT2D eigenvalue weighted by molar-refractivity contribution is 0.415. The molecule has 0 aromatic heterocycles. The van der Waals surface area contributed by atoms with Crippen molar-refractivity contribution in [3.63, 3.8) is 0 Å². The van der Waals surface area contributed by atoms with Gasteiger partial charge in [-0.25, -0.2) is 4.72 Å². The highest BCUT2D eigenvalue weighted by molar-refractivity contribution is 7.77. The third-order valence-corrected chi connectivity index (χ3v) is 5.21. The fourth-order valence-electron chi connectivity index (χ4n) is 3.31. The molecular formula is C19H22NO3S-. The molecule has 24 heavy (non-hydrogen) atoms. The summed E-state index contributed by atoms with van der Waals surface area (Å²) >= 11 is -2.18. The third kappa shape index (κ3) is 4.23. The Morgan fingerprint density at radius 3 is 2.67 bits per heavy atom. The van der Waals surface area contributed by atoms with E-state index in [0.717, 1.165) is 24.2 Å². The lowest BCUT2D eigenvalue weighted by atomic mass is 10.0. The minimum absolute atomic E-state index is 0.00519. The van der Waals surface area contributed by atoms with Crippen LogP contribution in [0.2, 0.25) is 0 Å². The number of ether oxygens (including phenoxy) is 1. The van der Waals surface area contributed by atoms with Crippen LogP contribution in [0, 0.1) is 5.92 Å². The van der Waals surface area contributed by atoms with Crippen LogP contribution in [0.1, 0.15) is 31.2 Å². The Labute approximate surface area is 145 Å². The minimum Gasteiger partial charge on any atom is -0.760 e. The van der Waals surface area contributed by atoms with E-state index in [9.17, 15) is 8.76 Å². The van der Waals surface area contributed by atoms with Gasteiger partial charge >= 0.3 is 0 Å². The van der Waals surface area contributed by atoms with Crippen LogP contribution in [0.3, 0.4) is 0 Å². The van der Waals surface area contributed by atoms with Crippen LogP contribution >= 0.6 is 0 Å². The van der Waals surface area contributed by atoms with Crippen LogP contribution < -0.4 is 9.46 Å². The average molecular weight is 344 g/mol. The van der Waals surface area contributed by atoms with Gasteiger partial charge in [0, 0.05) is 17.3 Å². The van der Waals surface area contributed by atoms with E-state index >= 15 is 0 Å². The van der Waals surface area contributed by atoms with Gasteiger partial charge in [0.05, 0.1) is 7.11 Å². The zero-order valence-corrected chi connectivity index (χ0v) is 14.7. The summed E-state index contributed by atoms with van der Waals surface area (Å²) < 4.78 is 29.1. The first-order chi connectivity index (χ1) is 11.6. The Morgan fingerprint density at radius 1 is 1.25 bits per heavy atom. The molecule has 5 heteroatoms. The average Bonchev–Trinajstić information content (AvgIpc) is 3.33. The maximum absolute atomic E-state index is 10.7. The van der Waals surface area contributed by atoms with Gasteiger partial charge in [-0.3, -0.25) is 4.21 Å². The Bertz CT molecular complexity index is 717. The van der Waals surface area contributed by atoms with Crippen molar-refractivity contribution in [3.8, 4) is 16.9 Å². The lowest BCUT2D eigenvalue weighted by Gasteiger charge is -2.15. The van der Waals surface area contributed by atoms with Crippen LogP contribution in [-0.4, -0.2) is 21.9 Å². The number of nitrogens with one attached hydrogen (secondary N) is 1. The number of methoxy groups -OCH3 is 1. The van der Waals surface area contributed by atoms with Crippen LogP contribution in [0.15, 0.2) is 48.5 Å². The summed E-state index contributed by atoms with van der Waals surface area (Å²) in [6.45, 7) is 1.91. The van der Waals surface area contributed by atoms with E-state index in [2.05, 4.69) is 35.1 Å². The molecule has 0 aliphatic heterocycles. The summed E-state index contributed by atoms with van der Waals surface area (Å²) in [6.07, 6.45) is 2.02. The number of benzene rings is 2. The van der Waals surface area contributed by atoms with Gasteiger partial charge in [0.2, 0.25) is 0 Å². The van der Waals surface area contributed by atoms with Crippen molar-refractivity contribution >= 4 is 11.3 Å². The molecule has 1 aliphatic rings. The van der Waals surface area contributed by atoms with Crippen molar-refractivity contribution in [1.29, 1.82) is 0 Å². The molecule has 1 saturated carbocycles. The molecule has 1 aliphatic carbocycles. The van der Waals surface area contributed by atoms with E-state index in [1.165, 1.54) is 11.1 Å². The summed E-state index contributed by atoms with van der Waals surface area (Å²) in [6, 6.07) is 16.7. The summed E-state index contributed by atoms with van der Waals surface area (Å²) in [5.41, 5.74) is 3.65. The monoisotopic (exact) mass is 344 g/mol. The van der Waals surface area contributed by atoms with E-state index in [0.29, 0.717) is 11.8 Å². The Kier molecular flexibility index (Phi) is 5.33. The first-order valence-electron chi connectivity index (χ1n) is 8.16. The van der Waals surface area contributed by atoms with Crippen molar-refractivity contribution < 1.29 is 13.5 Å². The van der Waals surface area contributed by atoms with Crippen LogP contribution in [0.4, 0.5) is 0 Å². The zero-order valence-electron chi connectivity index (χ0n) is 13.9. The molecule has 3 rings (SSSR count). The molecule has 4 atom stereocenters. The first-order valence-corrected chi connectivity index (χ1v) is 9.24. The van der Waals surface area contributed by atoms with Crippen molar-refractivity contribution in [2.75, 3.05) is 7.11 Å².